The van der Waals surface area contributed by atoms with Crippen LogP contribution in [-0.4, -0.2) is 42.0 Å². The van der Waals surface area contributed by atoms with Crippen molar-refractivity contribution in [1.29, 1.82) is 0 Å². The summed E-state index contributed by atoms with van der Waals surface area (Å²) in [6, 6.07) is 6.55. The Morgan fingerprint density at radius 1 is 1.09 bits per heavy atom. The summed E-state index contributed by atoms with van der Waals surface area (Å²) in [4.78, 5) is 31.7. The van der Waals surface area contributed by atoms with Crippen molar-refractivity contribution < 1.29 is 19.1 Å². The van der Waals surface area contributed by atoms with Crippen LogP contribution in [0.5, 0.6) is 11.5 Å². The minimum absolute atomic E-state index is 0.168. The van der Waals surface area contributed by atoms with Gasteiger partial charge < -0.3 is 25.4 Å². The Bertz CT molecular complexity index is 1220. The molecule has 0 saturated heterocycles. The van der Waals surface area contributed by atoms with E-state index in [1.165, 1.54) is 20.4 Å². The number of nitrogens with one attached hydrogen (secondary N) is 3. The average Bonchev–Trinajstić information content (AvgIpc) is 2.78. The molecule has 172 valence electrons. The van der Waals surface area contributed by atoms with E-state index in [0.717, 1.165) is 6.08 Å². The minimum Gasteiger partial charge on any atom is -0.495 e. The van der Waals surface area contributed by atoms with Gasteiger partial charge in [-0.2, -0.15) is 0 Å². The van der Waals surface area contributed by atoms with Gasteiger partial charge in [-0.05, 0) is 18.2 Å². The lowest BCUT2D eigenvalue weighted by atomic mass is 10.1. The molecule has 3 N–H and O–H groups in total. The van der Waals surface area contributed by atoms with Gasteiger partial charge in [0.05, 0.1) is 40.6 Å². The summed E-state index contributed by atoms with van der Waals surface area (Å²) >= 11 is 12.5. The molecule has 33 heavy (non-hydrogen) atoms. The number of carbonyl (C=O) groups excluding carboxylic acids is 2. The Morgan fingerprint density at radius 3 is 2.58 bits per heavy atom. The van der Waals surface area contributed by atoms with E-state index < -0.39 is 5.91 Å². The molecule has 11 heteroatoms. The number of nitrogens with zero attached hydrogens (tertiary/aromatic N) is 2. The Balaban J connectivity index is 2.00. The van der Waals surface area contributed by atoms with Gasteiger partial charge in [0.2, 0.25) is 11.8 Å². The molecule has 0 fully saturated rings. The lowest BCUT2D eigenvalue weighted by Gasteiger charge is -2.16. The van der Waals surface area contributed by atoms with E-state index >= 15 is 0 Å². The third-order valence-electron chi connectivity index (χ3n) is 4.41. The molecule has 1 aromatic heterocycles. The lowest BCUT2D eigenvalue weighted by molar-refractivity contribution is -0.119. The lowest BCUT2D eigenvalue weighted by Crippen LogP contribution is -2.25. The highest BCUT2D eigenvalue weighted by Crippen LogP contribution is 2.38. The number of methoxy groups -OCH3 is 1. The molecule has 2 amide bonds. The summed E-state index contributed by atoms with van der Waals surface area (Å²) in [5, 5.41) is 9.84. The van der Waals surface area contributed by atoms with E-state index in [-0.39, 0.29) is 12.5 Å². The second kappa shape index (κ2) is 10.8. The first-order valence-electron chi connectivity index (χ1n) is 9.71. The van der Waals surface area contributed by atoms with Crippen molar-refractivity contribution in [2.75, 3.05) is 30.9 Å². The Labute approximate surface area is 200 Å². The SMILES string of the molecule is C=CC(=O)Nc1cc2c(Nc3cc(OC)c(Cl)cc3Cl)ncnc2cc1OCCNC(C)=O. The Hall–Kier alpha value is -3.56. The fourth-order valence-corrected chi connectivity index (χ4v) is 3.39. The van der Waals surface area contributed by atoms with Gasteiger partial charge in [-0.3, -0.25) is 9.59 Å². The monoisotopic (exact) mass is 489 g/mol. The van der Waals surface area contributed by atoms with Crippen LogP contribution < -0.4 is 25.4 Å². The molecule has 9 nitrogen and oxygen atoms in total. The minimum atomic E-state index is -0.419. The second-order valence-corrected chi connectivity index (χ2v) is 7.52. The summed E-state index contributed by atoms with van der Waals surface area (Å²) in [6.45, 7) is 5.39. The van der Waals surface area contributed by atoms with Crippen molar-refractivity contribution in [3.05, 3.63) is 53.3 Å². The van der Waals surface area contributed by atoms with Gasteiger partial charge in [0.25, 0.3) is 0 Å². The fraction of sp³-hybridized carbons (Fsp3) is 0.182. The average molecular weight is 490 g/mol. The maximum atomic E-state index is 12.0. The maximum Gasteiger partial charge on any atom is 0.247 e. The third kappa shape index (κ3) is 6.03. The first-order chi connectivity index (χ1) is 15.8. The van der Waals surface area contributed by atoms with E-state index in [1.54, 1.807) is 24.3 Å². The molecule has 1 heterocycles. The molecular weight excluding hydrogens is 469 g/mol. The number of hydrogen-bond acceptors (Lipinski definition) is 7. The molecule has 3 aromatic rings. The van der Waals surface area contributed by atoms with Crippen LogP contribution in [0.4, 0.5) is 17.2 Å². The topological polar surface area (TPSA) is 114 Å². The third-order valence-corrected chi connectivity index (χ3v) is 5.02. The molecule has 0 aliphatic carbocycles. The zero-order valence-corrected chi connectivity index (χ0v) is 19.4. The van der Waals surface area contributed by atoms with E-state index in [4.69, 9.17) is 32.7 Å². The van der Waals surface area contributed by atoms with Gasteiger partial charge in [0.15, 0.2) is 0 Å². The van der Waals surface area contributed by atoms with Crippen LogP contribution >= 0.6 is 23.2 Å². The van der Waals surface area contributed by atoms with Crippen molar-refractivity contribution in [3.63, 3.8) is 0 Å². The van der Waals surface area contributed by atoms with E-state index in [2.05, 4.69) is 32.5 Å². The van der Waals surface area contributed by atoms with Gasteiger partial charge in [-0.1, -0.05) is 29.8 Å². The molecule has 0 atom stereocenters. The van der Waals surface area contributed by atoms with Crippen LogP contribution in [0.3, 0.4) is 0 Å². The number of carbonyl (C=O) groups is 2. The normalized spacial score (nSPS) is 10.4. The highest BCUT2D eigenvalue weighted by Gasteiger charge is 2.15. The molecule has 0 spiro atoms. The van der Waals surface area contributed by atoms with Gasteiger partial charge in [0, 0.05) is 24.4 Å². The van der Waals surface area contributed by atoms with Crippen LogP contribution in [0.1, 0.15) is 6.92 Å². The summed E-state index contributed by atoms with van der Waals surface area (Å²) in [7, 11) is 1.50. The molecule has 3 rings (SSSR count). The van der Waals surface area contributed by atoms with Crippen molar-refractivity contribution in [1.82, 2.24) is 15.3 Å². The van der Waals surface area contributed by atoms with Crippen molar-refractivity contribution in [3.8, 4) is 11.5 Å². The van der Waals surface area contributed by atoms with Gasteiger partial charge in [-0.15, -0.1) is 0 Å². The van der Waals surface area contributed by atoms with Crippen molar-refractivity contribution in [2.45, 2.75) is 6.92 Å². The predicted octanol–water partition coefficient (Wildman–Crippen LogP) is 4.33. The summed E-state index contributed by atoms with van der Waals surface area (Å²) in [5.41, 5.74) is 1.45. The molecule has 0 bridgehead atoms. The van der Waals surface area contributed by atoms with Crippen LogP contribution in [0, 0.1) is 0 Å². The fourth-order valence-electron chi connectivity index (χ4n) is 2.88. The summed E-state index contributed by atoms with van der Waals surface area (Å²) in [5.74, 6) is 0.663. The molecule has 0 aliphatic rings. The zero-order valence-electron chi connectivity index (χ0n) is 17.9. The van der Waals surface area contributed by atoms with Crippen molar-refractivity contribution in [2.24, 2.45) is 0 Å². The molecule has 0 radical (unpaired) electrons. The molecule has 0 unspecified atom stereocenters. The predicted molar refractivity (Wildman–Crippen MR) is 129 cm³/mol. The number of benzene rings is 2. The Morgan fingerprint density at radius 2 is 1.88 bits per heavy atom. The zero-order chi connectivity index (χ0) is 24.0. The molecule has 2 aromatic carbocycles. The maximum absolute atomic E-state index is 12.0. The number of aromatic nitrogens is 2. The van der Waals surface area contributed by atoms with E-state index in [9.17, 15) is 9.59 Å². The number of rotatable bonds is 9. The van der Waals surface area contributed by atoms with Crippen LogP contribution in [0.15, 0.2) is 43.2 Å². The number of anilines is 3. The van der Waals surface area contributed by atoms with E-state index in [0.29, 0.717) is 56.2 Å². The quantitative estimate of drug-likeness (QED) is 0.302. The van der Waals surface area contributed by atoms with Gasteiger partial charge in [0.1, 0.15) is 30.3 Å². The van der Waals surface area contributed by atoms with E-state index in [1.807, 2.05) is 0 Å². The number of ether oxygens (including phenoxy) is 2. The van der Waals surface area contributed by atoms with Crippen LogP contribution in [-0.2, 0) is 9.59 Å². The largest absolute Gasteiger partial charge is 0.495 e. The van der Waals surface area contributed by atoms with Gasteiger partial charge in [-0.25, -0.2) is 9.97 Å². The second-order valence-electron chi connectivity index (χ2n) is 6.70. The number of hydrogen-bond donors (Lipinski definition) is 3. The van der Waals surface area contributed by atoms with Crippen LogP contribution in [0.25, 0.3) is 10.9 Å². The number of halogens is 2. The first kappa shape index (κ1) is 24.1. The highest BCUT2D eigenvalue weighted by molar-refractivity contribution is 6.37. The smallest absolute Gasteiger partial charge is 0.247 e. The standard InChI is InChI=1S/C22H21Cl2N5O4/c1-4-21(31)28-18-7-13-16(9-20(18)33-6-5-25-12(2)30)26-11-27-22(13)29-17-10-19(32-3)15(24)8-14(17)23/h4,7-11H,1,5-6H2,2-3H3,(H,25,30)(H,28,31)(H,26,27,29). The number of amides is 2. The molecule has 0 aliphatic heterocycles. The van der Waals surface area contributed by atoms with Crippen LogP contribution in [0.2, 0.25) is 10.0 Å². The molecular formula is C22H21Cl2N5O4. The van der Waals surface area contributed by atoms with Gasteiger partial charge >= 0.3 is 0 Å². The summed E-state index contributed by atoms with van der Waals surface area (Å²) in [6.07, 6.45) is 2.53. The first-order valence-corrected chi connectivity index (χ1v) is 10.5. The molecule has 0 saturated carbocycles. The highest BCUT2D eigenvalue weighted by atomic mass is 35.5. The Kier molecular flexibility index (Phi) is 7.92. The summed E-state index contributed by atoms with van der Waals surface area (Å²) < 4.78 is 11.0. The number of fused-ring (bicyclic) bond motifs is 1. The van der Waals surface area contributed by atoms with Crippen molar-refractivity contribution >= 4 is 63.1 Å².